The molecule has 0 unspecified atom stereocenters. The predicted octanol–water partition coefficient (Wildman–Crippen LogP) is 3.64. The first-order valence-electron chi connectivity index (χ1n) is 11.1. The van der Waals surface area contributed by atoms with Crippen LogP contribution in [0.2, 0.25) is 0 Å². The van der Waals surface area contributed by atoms with Gasteiger partial charge in [0.2, 0.25) is 0 Å². The van der Waals surface area contributed by atoms with Crippen LogP contribution >= 0.6 is 0 Å². The zero-order chi connectivity index (χ0) is 23.2. The SMILES string of the molecule is CC(C)NC(=O)Nc1ccccc1C(=O)N1CCN(c2ccnc(-c3ccccc3)n2)CC1. The molecule has 1 aliphatic rings. The summed E-state index contributed by atoms with van der Waals surface area (Å²) in [5.41, 5.74) is 1.96. The summed E-state index contributed by atoms with van der Waals surface area (Å²) >= 11 is 0. The van der Waals surface area contributed by atoms with Crippen molar-refractivity contribution in [3.05, 3.63) is 72.4 Å². The van der Waals surface area contributed by atoms with Gasteiger partial charge in [0.15, 0.2) is 5.82 Å². The van der Waals surface area contributed by atoms with Crippen LogP contribution in [0.1, 0.15) is 24.2 Å². The molecule has 2 heterocycles. The van der Waals surface area contributed by atoms with Gasteiger partial charge in [0, 0.05) is 44.0 Å². The minimum atomic E-state index is -0.326. The van der Waals surface area contributed by atoms with Gasteiger partial charge in [-0.2, -0.15) is 0 Å². The number of carbonyl (C=O) groups excluding carboxylic acids is 2. The number of para-hydroxylation sites is 1. The number of nitrogens with zero attached hydrogens (tertiary/aromatic N) is 4. The van der Waals surface area contributed by atoms with Gasteiger partial charge in [-0.1, -0.05) is 42.5 Å². The van der Waals surface area contributed by atoms with Crippen LogP contribution in [0.5, 0.6) is 0 Å². The van der Waals surface area contributed by atoms with Crippen molar-refractivity contribution >= 4 is 23.4 Å². The molecule has 1 aromatic heterocycles. The zero-order valence-electron chi connectivity index (χ0n) is 18.9. The number of aromatic nitrogens is 2. The maximum Gasteiger partial charge on any atom is 0.319 e. The number of carbonyl (C=O) groups is 2. The van der Waals surface area contributed by atoms with Crippen molar-refractivity contribution in [1.29, 1.82) is 0 Å². The fraction of sp³-hybridized carbons (Fsp3) is 0.280. The van der Waals surface area contributed by atoms with Gasteiger partial charge in [0.25, 0.3) is 5.91 Å². The molecule has 3 amide bonds. The van der Waals surface area contributed by atoms with E-state index in [1.54, 1.807) is 30.5 Å². The van der Waals surface area contributed by atoms with Gasteiger partial charge >= 0.3 is 6.03 Å². The van der Waals surface area contributed by atoms with E-state index in [1.165, 1.54) is 0 Å². The maximum atomic E-state index is 13.2. The number of amides is 3. The molecule has 8 heteroatoms. The summed E-state index contributed by atoms with van der Waals surface area (Å²) in [6.45, 7) is 6.24. The highest BCUT2D eigenvalue weighted by atomic mass is 16.2. The van der Waals surface area contributed by atoms with Gasteiger partial charge in [0.1, 0.15) is 5.82 Å². The number of rotatable bonds is 5. The van der Waals surface area contributed by atoms with Crippen LogP contribution in [0.15, 0.2) is 66.9 Å². The minimum Gasteiger partial charge on any atom is -0.353 e. The van der Waals surface area contributed by atoms with Crippen LogP contribution in [0.25, 0.3) is 11.4 Å². The zero-order valence-corrected chi connectivity index (χ0v) is 18.9. The monoisotopic (exact) mass is 444 g/mol. The van der Waals surface area contributed by atoms with Crippen LogP contribution in [0.4, 0.5) is 16.3 Å². The molecule has 0 radical (unpaired) electrons. The molecule has 0 bridgehead atoms. The fourth-order valence-electron chi connectivity index (χ4n) is 3.76. The average molecular weight is 445 g/mol. The van der Waals surface area contributed by atoms with Crippen molar-refractivity contribution in [3.8, 4) is 11.4 Å². The predicted molar refractivity (Wildman–Crippen MR) is 129 cm³/mol. The van der Waals surface area contributed by atoms with Crippen LogP contribution in [0.3, 0.4) is 0 Å². The molecule has 1 saturated heterocycles. The molecule has 3 aromatic rings. The Morgan fingerprint density at radius 1 is 0.909 bits per heavy atom. The van der Waals surface area contributed by atoms with E-state index >= 15 is 0 Å². The first-order chi connectivity index (χ1) is 16.0. The van der Waals surface area contributed by atoms with E-state index in [0.29, 0.717) is 43.3 Å². The van der Waals surface area contributed by atoms with E-state index in [4.69, 9.17) is 4.98 Å². The molecule has 33 heavy (non-hydrogen) atoms. The van der Waals surface area contributed by atoms with E-state index in [0.717, 1.165) is 11.4 Å². The summed E-state index contributed by atoms with van der Waals surface area (Å²) in [5, 5.41) is 5.58. The van der Waals surface area contributed by atoms with Gasteiger partial charge in [-0.05, 0) is 32.0 Å². The number of hydrogen-bond donors (Lipinski definition) is 2. The standard InChI is InChI=1S/C25H28N6O2/c1-18(2)27-25(33)28-21-11-7-6-10-20(21)24(32)31-16-14-30(15-17-31)22-12-13-26-23(29-22)19-8-4-3-5-9-19/h3-13,18H,14-17H2,1-2H3,(H2,27,28,33). The molecular formula is C25H28N6O2. The number of hydrogen-bond acceptors (Lipinski definition) is 5. The third kappa shape index (κ3) is 5.46. The minimum absolute atomic E-state index is 0.00476. The van der Waals surface area contributed by atoms with Crippen molar-refractivity contribution < 1.29 is 9.59 Å². The molecule has 0 atom stereocenters. The van der Waals surface area contributed by atoms with Crippen molar-refractivity contribution in [3.63, 3.8) is 0 Å². The maximum absolute atomic E-state index is 13.2. The molecule has 8 nitrogen and oxygen atoms in total. The summed E-state index contributed by atoms with van der Waals surface area (Å²) in [7, 11) is 0. The number of benzene rings is 2. The Morgan fingerprint density at radius 2 is 1.61 bits per heavy atom. The molecule has 1 fully saturated rings. The summed E-state index contributed by atoms with van der Waals surface area (Å²) in [6, 6.07) is 18.6. The Kier molecular flexibility index (Phi) is 6.83. The van der Waals surface area contributed by atoms with Gasteiger partial charge in [-0.25, -0.2) is 14.8 Å². The van der Waals surface area contributed by atoms with E-state index in [9.17, 15) is 9.59 Å². The van der Waals surface area contributed by atoms with Gasteiger partial charge in [0.05, 0.1) is 11.3 Å². The number of piperazine rings is 1. The lowest BCUT2D eigenvalue weighted by Crippen LogP contribution is -2.49. The van der Waals surface area contributed by atoms with Crippen molar-refractivity contribution in [2.24, 2.45) is 0 Å². The molecule has 170 valence electrons. The third-order valence-electron chi connectivity index (χ3n) is 5.39. The van der Waals surface area contributed by atoms with E-state index < -0.39 is 0 Å². The lowest BCUT2D eigenvalue weighted by atomic mass is 10.1. The quantitative estimate of drug-likeness (QED) is 0.627. The van der Waals surface area contributed by atoms with Crippen molar-refractivity contribution in [1.82, 2.24) is 20.2 Å². The Bertz CT molecular complexity index is 1110. The summed E-state index contributed by atoms with van der Waals surface area (Å²) < 4.78 is 0. The fourth-order valence-corrected chi connectivity index (χ4v) is 3.76. The molecule has 0 spiro atoms. The van der Waals surface area contributed by atoms with Crippen LogP contribution < -0.4 is 15.5 Å². The second-order valence-electron chi connectivity index (χ2n) is 8.18. The lowest BCUT2D eigenvalue weighted by Gasteiger charge is -2.35. The Morgan fingerprint density at radius 3 is 2.33 bits per heavy atom. The smallest absolute Gasteiger partial charge is 0.319 e. The Balaban J connectivity index is 1.42. The van der Waals surface area contributed by atoms with Gasteiger partial charge in [-0.3, -0.25) is 4.79 Å². The topological polar surface area (TPSA) is 90.5 Å². The van der Waals surface area contributed by atoms with Gasteiger partial charge < -0.3 is 20.4 Å². The first kappa shape index (κ1) is 22.3. The lowest BCUT2D eigenvalue weighted by molar-refractivity contribution is 0.0747. The normalized spacial score (nSPS) is 13.7. The second-order valence-corrected chi connectivity index (χ2v) is 8.18. The molecular weight excluding hydrogens is 416 g/mol. The average Bonchev–Trinajstić information content (AvgIpc) is 2.84. The van der Waals surface area contributed by atoms with Crippen molar-refractivity contribution in [2.45, 2.75) is 19.9 Å². The highest BCUT2D eigenvalue weighted by Crippen LogP contribution is 2.21. The summed E-state index contributed by atoms with van der Waals surface area (Å²) in [5.74, 6) is 1.44. The van der Waals surface area contributed by atoms with E-state index in [1.807, 2.05) is 55.1 Å². The number of anilines is 2. The summed E-state index contributed by atoms with van der Waals surface area (Å²) in [4.78, 5) is 38.5. The van der Waals surface area contributed by atoms with Crippen molar-refractivity contribution in [2.75, 3.05) is 36.4 Å². The molecule has 2 aromatic carbocycles. The number of nitrogens with one attached hydrogen (secondary N) is 2. The largest absolute Gasteiger partial charge is 0.353 e. The van der Waals surface area contributed by atoms with Gasteiger partial charge in [-0.15, -0.1) is 0 Å². The van der Waals surface area contributed by atoms with E-state index in [-0.39, 0.29) is 18.0 Å². The van der Waals surface area contributed by atoms with E-state index in [2.05, 4.69) is 20.5 Å². The van der Waals surface area contributed by atoms with Crippen LogP contribution in [-0.2, 0) is 0 Å². The van der Waals surface area contributed by atoms with Crippen LogP contribution in [-0.4, -0.2) is 59.0 Å². The highest BCUT2D eigenvalue weighted by Gasteiger charge is 2.25. The summed E-state index contributed by atoms with van der Waals surface area (Å²) in [6.07, 6.45) is 1.77. The molecule has 0 aliphatic carbocycles. The molecule has 4 rings (SSSR count). The third-order valence-corrected chi connectivity index (χ3v) is 5.39. The molecule has 0 saturated carbocycles. The Hall–Kier alpha value is -3.94. The number of urea groups is 1. The molecule has 1 aliphatic heterocycles. The van der Waals surface area contributed by atoms with Crippen LogP contribution in [0, 0.1) is 0 Å². The Labute approximate surface area is 193 Å². The highest BCUT2D eigenvalue weighted by molar-refractivity contribution is 6.03. The first-order valence-corrected chi connectivity index (χ1v) is 11.1. The molecule has 2 N–H and O–H groups in total. The second kappa shape index (κ2) is 10.1.